The molecule has 2 saturated heterocycles. The first-order chi connectivity index (χ1) is 10.3. The topological polar surface area (TPSA) is 163 Å². The molecule has 0 spiro atoms. The maximum Gasteiger partial charge on any atom is 0.183 e. The molecule has 0 aromatic rings. The standard InChI is InChI=1S/C13H25NO8/c15-4-8(17)7-3-6(16)1-5(14-7)2-9-10(18)11(19)12(20)13(21)22-9/h5-21H,1-4H2/t5-,6-,7+,8+,9+,10-,11-,12+,13+/m0/s1. The highest BCUT2D eigenvalue weighted by molar-refractivity contribution is 4.94. The van der Waals surface area contributed by atoms with Gasteiger partial charge in [-0.15, -0.1) is 0 Å². The molecule has 2 heterocycles. The van der Waals surface area contributed by atoms with Gasteiger partial charge in [-0.2, -0.15) is 0 Å². The summed E-state index contributed by atoms with van der Waals surface area (Å²) in [5.74, 6) is 0. The van der Waals surface area contributed by atoms with E-state index in [0.29, 0.717) is 6.42 Å². The molecule has 22 heavy (non-hydrogen) atoms. The second-order valence-corrected chi connectivity index (χ2v) is 6.12. The Morgan fingerprint density at radius 2 is 1.68 bits per heavy atom. The molecule has 130 valence electrons. The van der Waals surface area contributed by atoms with Crippen LogP contribution >= 0.6 is 0 Å². The van der Waals surface area contributed by atoms with E-state index < -0.39 is 55.6 Å². The molecule has 0 amide bonds. The summed E-state index contributed by atoms with van der Waals surface area (Å²) < 4.78 is 5.10. The van der Waals surface area contributed by atoms with E-state index in [-0.39, 0.29) is 18.9 Å². The number of rotatable bonds is 4. The lowest BCUT2D eigenvalue weighted by Gasteiger charge is -2.42. The Kier molecular flexibility index (Phi) is 6.11. The van der Waals surface area contributed by atoms with Gasteiger partial charge in [-0.05, 0) is 19.3 Å². The molecule has 2 rings (SSSR count). The number of aliphatic hydroxyl groups excluding tert-OH is 7. The van der Waals surface area contributed by atoms with Gasteiger partial charge in [0, 0.05) is 12.1 Å². The van der Waals surface area contributed by atoms with Gasteiger partial charge in [-0.25, -0.2) is 0 Å². The van der Waals surface area contributed by atoms with E-state index in [4.69, 9.17) is 9.84 Å². The molecule has 8 N–H and O–H groups in total. The average Bonchev–Trinajstić information content (AvgIpc) is 2.49. The zero-order valence-corrected chi connectivity index (χ0v) is 12.1. The number of hydrogen-bond acceptors (Lipinski definition) is 9. The van der Waals surface area contributed by atoms with Gasteiger partial charge in [0.15, 0.2) is 6.29 Å². The van der Waals surface area contributed by atoms with Crippen LogP contribution in [0.1, 0.15) is 19.3 Å². The largest absolute Gasteiger partial charge is 0.394 e. The number of ether oxygens (including phenoxy) is 1. The minimum absolute atomic E-state index is 0.160. The highest BCUT2D eigenvalue weighted by Gasteiger charge is 2.44. The van der Waals surface area contributed by atoms with Gasteiger partial charge in [0.05, 0.1) is 24.9 Å². The molecular formula is C13H25NO8. The molecule has 9 heteroatoms. The molecule has 0 aromatic heterocycles. The zero-order valence-electron chi connectivity index (χ0n) is 12.1. The number of piperidine rings is 1. The van der Waals surface area contributed by atoms with Gasteiger partial charge in [-0.3, -0.25) is 0 Å². The molecule has 2 fully saturated rings. The van der Waals surface area contributed by atoms with Gasteiger partial charge in [0.2, 0.25) is 0 Å². The van der Waals surface area contributed by atoms with Crippen molar-refractivity contribution in [2.75, 3.05) is 6.61 Å². The first-order valence-corrected chi connectivity index (χ1v) is 7.44. The third-order valence-corrected chi connectivity index (χ3v) is 4.39. The quantitative estimate of drug-likeness (QED) is 0.258. The predicted molar refractivity (Wildman–Crippen MR) is 72.6 cm³/mol. The molecule has 2 aliphatic heterocycles. The molecule has 0 unspecified atom stereocenters. The molecule has 2 aliphatic rings. The first kappa shape index (κ1) is 18.0. The summed E-state index contributed by atoms with van der Waals surface area (Å²) in [6, 6.07) is -0.843. The van der Waals surface area contributed by atoms with Crippen molar-refractivity contribution >= 4 is 0 Å². The second-order valence-electron chi connectivity index (χ2n) is 6.12. The van der Waals surface area contributed by atoms with Crippen LogP contribution in [0.3, 0.4) is 0 Å². The second kappa shape index (κ2) is 7.47. The highest BCUT2D eigenvalue weighted by Crippen LogP contribution is 2.26. The monoisotopic (exact) mass is 323 g/mol. The Balaban J connectivity index is 1.97. The zero-order chi connectivity index (χ0) is 16.4. The van der Waals surface area contributed by atoms with Gasteiger partial charge in [0.25, 0.3) is 0 Å². The summed E-state index contributed by atoms with van der Waals surface area (Å²) in [7, 11) is 0. The van der Waals surface area contributed by atoms with Crippen molar-refractivity contribution in [3.63, 3.8) is 0 Å². The Morgan fingerprint density at radius 3 is 2.32 bits per heavy atom. The van der Waals surface area contributed by atoms with Gasteiger partial charge < -0.3 is 45.8 Å². The number of aliphatic hydroxyl groups is 7. The van der Waals surface area contributed by atoms with Crippen molar-refractivity contribution in [2.45, 2.75) is 74.3 Å². The Morgan fingerprint density at radius 1 is 1.00 bits per heavy atom. The van der Waals surface area contributed by atoms with Gasteiger partial charge >= 0.3 is 0 Å². The lowest BCUT2D eigenvalue weighted by molar-refractivity contribution is -0.283. The third-order valence-electron chi connectivity index (χ3n) is 4.39. The van der Waals surface area contributed by atoms with Crippen molar-refractivity contribution in [1.82, 2.24) is 5.32 Å². The van der Waals surface area contributed by atoms with Crippen molar-refractivity contribution in [3.8, 4) is 0 Å². The number of hydrogen-bond donors (Lipinski definition) is 8. The summed E-state index contributed by atoms with van der Waals surface area (Å²) in [5, 5.41) is 70.1. The van der Waals surface area contributed by atoms with Crippen LogP contribution in [-0.2, 0) is 4.74 Å². The van der Waals surface area contributed by atoms with Crippen molar-refractivity contribution < 1.29 is 40.5 Å². The molecular weight excluding hydrogens is 298 g/mol. The third kappa shape index (κ3) is 3.94. The smallest absolute Gasteiger partial charge is 0.183 e. The SMILES string of the molecule is OC[C@@H](O)[C@H]1C[C@@H](O)C[C@@H](C[C@H]2O[C@@H](O)[C@H](O)[C@@H](O)[C@H]2O)N1. The molecule has 9 atom stereocenters. The van der Waals surface area contributed by atoms with Crippen molar-refractivity contribution in [2.24, 2.45) is 0 Å². The number of nitrogens with one attached hydrogen (secondary N) is 1. The minimum atomic E-state index is -1.60. The molecule has 0 radical (unpaired) electrons. The van der Waals surface area contributed by atoms with Crippen molar-refractivity contribution in [3.05, 3.63) is 0 Å². The van der Waals surface area contributed by atoms with Crippen LogP contribution in [0.25, 0.3) is 0 Å². The van der Waals surface area contributed by atoms with E-state index in [1.807, 2.05) is 0 Å². The maximum atomic E-state index is 9.92. The summed E-state index contributed by atoms with van der Waals surface area (Å²) in [4.78, 5) is 0. The Bertz CT molecular complexity index is 359. The summed E-state index contributed by atoms with van der Waals surface area (Å²) in [6.07, 6.45) is -7.92. The lowest BCUT2D eigenvalue weighted by Crippen LogP contribution is -2.60. The first-order valence-electron chi connectivity index (χ1n) is 7.44. The van der Waals surface area contributed by atoms with Gasteiger partial charge in [0.1, 0.15) is 18.3 Å². The normalized spacial score (nSPS) is 48.1. The lowest BCUT2D eigenvalue weighted by atomic mass is 9.87. The average molecular weight is 323 g/mol. The Hall–Kier alpha value is -0.360. The van der Waals surface area contributed by atoms with Crippen LogP contribution in [0.2, 0.25) is 0 Å². The Labute approximate surface area is 127 Å². The fraction of sp³-hybridized carbons (Fsp3) is 1.00. The van der Waals surface area contributed by atoms with E-state index in [0.717, 1.165) is 0 Å². The van der Waals surface area contributed by atoms with Crippen LogP contribution in [-0.4, -0.2) is 97.4 Å². The summed E-state index contributed by atoms with van der Waals surface area (Å²) in [5.41, 5.74) is 0. The van der Waals surface area contributed by atoms with E-state index in [9.17, 15) is 30.6 Å². The molecule has 0 aromatic carbocycles. The van der Waals surface area contributed by atoms with E-state index >= 15 is 0 Å². The van der Waals surface area contributed by atoms with Crippen LogP contribution in [0.4, 0.5) is 0 Å². The highest BCUT2D eigenvalue weighted by atomic mass is 16.6. The maximum absolute atomic E-state index is 9.92. The van der Waals surface area contributed by atoms with Crippen LogP contribution in [0.5, 0.6) is 0 Å². The van der Waals surface area contributed by atoms with E-state index in [1.165, 1.54) is 0 Å². The van der Waals surface area contributed by atoms with Crippen LogP contribution in [0, 0.1) is 0 Å². The molecule has 0 saturated carbocycles. The fourth-order valence-corrected chi connectivity index (χ4v) is 3.12. The van der Waals surface area contributed by atoms with Crippen LogP contribution in [0.15, 0.2) is 0 Å². The van der Waals surface area contributed by atoms with Gasteiger partial charge in [-0.1, -0.05) is 0 Å². The predicted octanol–water partition coefficient (Wildman–Crippen LogP) is -3.99. The van der Waals surface area contributed by atoms with Crippen LogP contribution < -0.4 is 5.32 Å². The molecule has 9 nitrogen and oxygen atoms in total. The summed E-state index contributed by atoms with van der Waals surface area (Å²) >= 11 is 0. The fourth-order valence-electron chi connectivity index (χ4n) is 3.12. The molecule has 0 aliphatic carbocycles. The van der Waals surface area contributed by atoms with Crippen molar-refractivity contribution in [1.29, 1.82) is 0 Å². The van der Waals surface area contributed by atoms with E-state index in [1.54, 1.807) is 0 Å². The minimum Gasteiger partial charge on any atom is -0.394 e. The summed E-state index contributed by atoms with van der Waals surface area (Å²) in [6.45, 7) is -0.441. The van der Waals surface area contributed by atoms with E-state index in [2.05, 4.69) is 5.32 Å². The molecule has 0 bridgehead atoms.